The first-order valence-electron chi connectivity index (χ1n) is 6.98. The van der Waals surface area contributed by atoms with Crippen molar-refractivity contribution < 1.29 is 9.52 Å². The maximum absolute atomic E-state index is 11.7. The maximum Gasteiger partial charge on any atom is 0.336 e. The molecule has 0 radical (unpaired) electrons. The molecule has 1 aromatic heterocycles. The van der Waals surface area contributed by atoms with E-state index in [-0.39, 0.29) is 11.4 Å². The number of hydrogen-bond donors (Lipinski definition) is 1. The standard InChI is InChI=1S/C16H19NO3/c1-10-14(18)6-5-13-12(7-15(19)20-16(10)13)9-17(2)8-11-3-4-11/h5-7,11,18H,3-4,8-9H2,1-2H3. The molecule has 2 aromatic rings. The van der Waals surface area contributed by atoms with Gasteiger partial charge in [-0.05, 0) is 50.4 Å². The topological polar surface area (TPSA) is 53.7 Å². The van der Waals surface area contributed by atoms with Gasteiger partial charge in [0.05, 0.1) is 0 Å². The minimum atomic E-state index is -0.360. The zero-order valence-electron chi connectivity index (χ0n) is 11.8. The second-order valence-corrected chi connectivity index (χ2v) is 5.82. The van der Waals surface area contributed by atoms with E-state index in [0.29, 0.717) is 11.1 Å². The molecule has 4 nitrogen and oxygen atoms in total. The van der Waals surface area contributed by atoms with Crippen LogP contribution in [0.1, 0.15) is 24.0 Å². The van der Waals surface area contributed by atoms with Crippen molar-refractivity contribution in [3.05, 3.63) is 39.7 Å². The van der Waals surface area contributed by atoms with Crippen molar-refractivity contribution in [2.45, 2.75) is 26.3 Å². The molecule has 1 aliphatic carbocycles. The number of hydrogen-bond acceptors (Lipinski definition) is 4. The van der Waals surface area contributed by atoms with Gasteiger partial charge in [0.25, 0.3) is 0 Å². The summed E-state index contributed by atoms with van der Waals surface area (Å²) in [6, 6.07) is 5.03. The average Bonchev–Trinajstić information content (AvgIpc) is 3.18. The third-order valence-electron chi connectivity index (χ3n) is 3.93. The van der Waals surface area contributed by atoms with Gasteiger partial charge >= 0.3 is 5.63 Å². The molecule has 1 heterocycles. The Balaban J connectivity index is 2.00. The van der Waals surface area contributed by atoms with Gasteiger partial charge in [-0.3, -0.25) is 0 Å². The fraction of sp³-hybridized carbons (Fsp3) is 0.438. The van der Waals surface area contributed by atoms with Gasteiger partial charge in [0.2, 0.25) is 0 Å². The summed E-state index contributed by atoms with van der Waals surface area (Å²) in [4.78, 5) is 14.0. The monoisotopic (exact) mass is 273 g/mol. The predicted octanol–water partition coefficient (Wildman–Crippen LogP) is 2.65. The van der Waals surface area contributed by atoms with E-state index in [4.69, 9.17) is 4.42 Å². The van der Waals surface area contributed by atoms with E-state index in [1.54, 1.807) is 19.1 Å². The molecule has 0 amide bonds. The van der Waals surface area contributed by atoms with Crippen molar-refractivity contribution in [3.8, 4) is 5.75 Å². The number of fused-ring (bicyclic) bond motifs is 1. The summed E-state index contributed by atoms with van der Waals surface area (Å²) in [5, 5.41) is 10.6. The predicted molar refractivity (Wildman–Crippen MR) is 77.9 cm³/mol. The van der Waals surface area contributed by atoms with Crippen LogP contribution in [-0.4, -0.2) is 23.6 Å². The van der Waals surface area contributed by atoms with Gasteiger partial charge in [0.1, 0.15) is 11.3 Å². The first-order chi connectivity index (χ1) is 9.54. The molecule has 0 bridgehead atoms. The molecule has 1 aliphatic rings. The van der Waals surface area contributed by atoms with E-state index in [0.717, 1.165) is 30.0 Å². The van der Waals surface area contributed by atoms with Crippen molar-refractivity contribution >= 4 is 11.0 Å². The van der Waals surface area contributed by atoms with Crippen molar-refractivity contribution in [1.29, 1.82) is 0 Å². The Morgan fingerprint density at radius 1 is 1.40 bits per heavy atom. The zero-order chi connectivity index (χ0) is 14.3. The lowest BCUT2D eigenvalue weighted by Gasteiger charge is -2.17. The highest BCUT2D eigenvalue weighted by Crippen LogP contribution is 2.31. The third kappa shape index (κ3) is 2.56. The largest absolute Gasteiger partial charge is 0.508 e. The normalized spacial score (nSPS) is 15.2. The van der Waals surface area contributed by atoms with Crippen LogP contribution in [0.5, 0.6) is 5.75 Å². The first kappa shape index (κ1) is 13.2. The van der Waals surface area contributed by atoms with Gasteiger partial charge < -0.3 is 14.4 Å². The summed E-state index contributed by atoms with van der Waals surface area (Å²) < 4.78 is 5.25. The van der Waals surface area contributed by atoms with Crippen LogP contribution in [0, 0.1) is 12.8 Å². The van der Waals surface area contributed by atoms with Gasteiger partial charge in [-0.25, -0.2) is 4.79 Å². The van der Waals surface area contributed by atoms with Gasteiger partial charge in [-0.2, -0.15) is 0 Å². The van der Waals surface area contributed by atoms with Gasteiger partial charge in [0, 0.05) is 30.1 Å². The highest BCUT2D eigenvalue weighted by molar-refractivity contribution is 5.84. The smallest absolute Gasteiger partial charge is 0.336 e. The van der Waals surface area contributed by atoms with E-state index >= 15 is 0 Å². The fourth-order valence-corrected chi connectivity index (χ4v) is 2.64. The van der Waals surface area contributed by atoms with E-state index in [2.05, 4.69) is 11.9 Å². The number of phenols is 1. The number of nitrogens with zero attached hydrogens (tertiary/aromatic N) is 1. The summed E-state index contributed by atoms with van der Waals surface area (Å²) in [6.45, 7) is 3.56. The van der Waals surface area contributed by atoms with E-state index in [1.807, 2.05) is 6.07 Å². The Morgan fingerprint density at radius 3 is 2.85 bits per heavy atom. The van der Waals surface area contributed by atoms with Crippen LogP contribution in [0.2, 0.25) is 0 Å². The summed E-state index contributed by atoms with van der Waals surface area (Å²) in [5.41, 5.74) is 1.71. The van der Waals surface area contributed by atoms with Crippen LogP contribution in [0.3, 0.4) is 0 Å². The Kier molecular flexibility index (Phi) is 3.26. The lowest BCUT2D eigenvalue weighted by molar-refractivity contribution is 0.313. The molecule has 3 rings (SSSR count). The molecule has 0 unspecified atom stereocenters. The number of rotatable bonds is 4. The Hall–Kier alpha value is -1.81. The molecule has 0 saturated heterocycles. The van der Waals surface area contributed by atoms with Crippen LogP contribution in [0.4, 0.5) is 0 Å². The SMILES string of the molecule is Cc1c(O)ccc2c(CN(C)CC3CC3)cc(=O)oc12. The summed E-state index contributed by atoms with van der Waals surface area (Å²) in [6.07, 6.45) is 2.63. The molecular weight excluding hydrogens is 254 g/mol. The third-order valence-corrected chi connectivity index (χ3v) is 3.93. The Morgan fingerprint density at radius 2 is 2.15 bits per heavy atom. The second kappa shape index (κ2) is 4.94. The lowest BCUT2D eigenvalue weighted by atomic mass is 10.1. The van der Waals surface area contributed by atoms with Crippen LogP contribution < -0.4 is 5.63 Å². The van der Waals surface area contributed by atoms with Gasteiger partial charge in [-0.15, -0.1) is 0 Å². The van der Waals surface area contributed by atoms with Crippen LogP contribution in [0.15, 0.2) is 27.4 Å². The number of aryl methyl sites for hydroxylation is 1. The highest BCUT2D eigenvalue weighted by Gasteiger charge is 2.23. The van der Waals surface area contributed by atoms with Crippen LogP contribution >= 0.6 is 0 Å². The Labute approximate surface area is 117 Å². The van der Waals surface area contributed by atoms with E-state index in [1.165, 1.54) is 12.8 Å². The summed E-state index contributed by atoms with van der Waals surface area (Å²) in [5.74, 6) is 0.973. The van der Waals surface area contributed by atoms with Crippen molar-refractivity contribution in [1.82, 2.24) is 4.90 Å². The molecule has 1 N–H and O–H groups in total. The fourth-order valence-electron chi connectivity index (χ4n) is 2.64. The van der Waals surface area contributed by atoms with Crippen molar-refractivity contribution in [2.24, 2.45) is 5.92 Å². The minimum Gasteiger partial charge on any atom is -0.508 e. The summed E-state index contributed by atoms with van der Waals surface area (Å²) in [7, 11) is 2.08. The van der Waals surface area contributed by atoms with Crippen LogP contribution in [-0.2, 0) is 6.54 Å². The number of aromatic hydroxyl groups is 1. The molecule has 1 aromatic carbocycles. The molecule has 20 heavy (non-hydrogen) atoms. The molecule has 1 saturated carbocycles. The van der Waals surface area contributed by atoms with E-state index in [9.17, 15) is 9.90 Å². The maximum atomic E-state index is 11.7. The number of benzene rings is 1. The van der Waals surface area contributed by atoms with Crippen molar-refractivity contribution in [3.63, 3.8) is 0 Å². The van der Waals surface area contributed by atoms with Crippen molar-refractivity contribution in [2.75, 3.05) is 13.6 Å². The molecule has 0 aliphatic heterocycles. The molecule has 4 heteroatoms. The minimum absolute atomic E-state index is 0.157. The zero-order valence-corrected chi connectivity index (χ0v) is 11.8. The first-order valence-corrected chi connectivity index (χ1v) is 6.98. The molecule has 0 spiro atoms. The van der Waals surface area contributed by atoms with Gasteiger partial charge in [0.15, 0.2) is 0 Å². The second-order valence-electron chi connectivity index (χ2n) is 5.82. The molecular formula is C16H19NO3. The van der Waals surface area contributed by atoms with Gasteiger partial charge in [-0.1, -0.05) is 0 Å². The lowest BCUT2D eigenvalue weighted by Crippen LogP contribution is -2.21. The molecule has 1 fully saturated rings. The number of phenolic OH excluding ortho intramolecular Hbond substituents is 1. The highest BCUT2D eigenvalue weighted by atomic mass is 16.4. The molecule has 106 valence electrons. The Bertz CT molecular complexity index is 701. The van der Waals surface area contributed by atoms with E-state index < -0.39 is 0 Å². The summed E-state index contributed by atoms with van der Waals surface area (Å²) >= 11 is 0. The average molecular weight is 273 g/mol. The quantitative estimate of drug-likeness (QED) is 0.870. The molecule has 0 atom stereocenters. The van der Waals surface area contributed by atoms with Crippen LogP contribution in [0.25, 0.3) is 11.0 Å².